The number of nitrogens with one attached hydrogen (secondary N) is 1. The molecule has 20 heavy (non-hydrogen) atoms. The van der Waals surface area contributed by atoms with E-state index in [9.17, 15) is 9.59 Å². The summed E-state index contributed by atoms with van der Waals surface area (Å²) in [6.07, 6.45) is -0.193. The summed E-state index contributed by atoms with van der Waals surface area (Å²) in [5.41, 5.74) is 7.34. The van der Waals surface area contributed by atoms with Crippen molar-refractivity contribution in [3.8, 4) is 0 Å². The Morgan fingerprint density at radius 1 is 1.45 bits per heavy atom. The van der Waals surface area contributed by atoms with Crippen molar-refractivity contribution >= 4 is 28.4 Å². The van der Waals surface area contributed by atoms with Gasteiger partial charge in [0.05, 0.1) is 17.2 Å². The molecule has 0 bridgehead atoms. The Bertz CT molecular complexity index is 741. The second-order valence-corrected chi connectivity index (χ2v) is 4.86. The monoisotopic (exact) mass is 270 g/mol. The number of benzene rings is 1. The number of primary amides is 1. The topological polar surface area (TPSA) is 88.3 Å². The number of pyridine rings is 1. The van der Waals surface area contributed by atoms with Gasteiger partial charge in [0.25, 0.3) is 11.8 Å². The first-order valence-electron chi connectivity index (χ1n) is 6.26. The van der Waals surface area contributed by atoms with Crippen molar-refractivity contribution < 1.29 is 9.59 Å². The number of amides is 2. The van der Waals surface area contributed by atoms with Crippen molar-refractivity contribution in [2.24, 2.45) is 5.73 Å². The highest BCUT2D eigenvalue weighted by Crippen LogP contribution is 2.31. The molecule has 1 aliphatic heterocycles. The molecule has 0 saturated carbocycles. The number of hydrogen-bond acceptors (Lipinski definition) is 4. The SMILES string of the molecule is CC1Nc2cc(C(N)=O)nc3cccc(c23)C(=O)N1C. The smallest absolute Gasteiger partial charge is 0.267 e. The van der Waals surface area contributed by atoms with E-state index < -0.39 is 5.91 Å². The summed E-state index contributed by atoms with van der Waals surface area (Å²) in [5, 5.41) is 3.94. The second kappa shape index (κ2) is 4.19. The molecule has 0 spiro atoms. The average Bonchev–Trinajstić information content (AvgIpc) is 2.52. The molecule has 0 aliphatic carbocycles. The van der Waals surface area contributed by atoms with Crippen LogP contribution in [0.25, 0.3) is 10.9 Å². The number of hydrogen-bond donors (Lipinski definition) is 2. The Kier molecular flexibility index (Phi) is 2.60. The molecule has 0 fully saturated rings. The van der Waals surface area contributed by atoms with E-state index in [0.29, 0.717) is 16.8 Å². The minimum atomic E-state index is -0.591. The third kappa shape index (κ3) is 1.69. The highest BCUT2D eigenvalue weighted by Gasteiger charge is 2.26. The van der Waals surface area contributed by atoms with Gasteiger partial charge in [-0.2, -0.15) is 0 Å². The van der Waals surface area contributed by atoms with Crippen molar-refractivity contribution in [1.82, 2.24) is 9.88 Å². The maximum absolute atomic E-state index is 12.4. The van der Waals surface area contributed by atoms with Crippen LogP contribution in [0.2, 0.25) is 0 Å². The van der Waals surface area contributed by atoms with Gasteiger partial charge < -0.3 is 16.0 Å². The van der Waals surface area contributed by atoms with Gasteiger partial charge in [0, 0.05) is 18.1 Å². The summed E-state index contributed by atoms with van der Waals surface area (Å²) in [7, 11) is 1.73. The molecule has 0 radical (unpaired) electrons. The third-order valence-corrected chi connectivity index (χ3v) is 3.58. The maximum Gasteiger partial charge on any atom is 0.267 e. The van der Waals surface area contributed by atoms with Crippen molar-refractivity contribution in [3.63, 3.8) is 0 Å². The van der Waals surface area contributed by atoms with E-state index in [1.165, 1.54) is 0 Å². The molecule has 1 aromatic heterocycles. The lowest BCUT2D eigenvalue weighted by atomic mass is 10.1. The van der Waals surface area contributed by atoms with Gasteiger partial charge in [-0.3, -0.25) is 9.59 Å². The molecule has 1 atom stereocenters. The average molecular weight is 270 g/mol. The van der Waals surface area contributed by atoms with Crippen LogP contribution in [0.4, 0.5) is 5.69 Å². The Balaban J connectivity index is 2.38. The molecular formula is C14H14N4O2. The molecule has 3 N–H and O–H groups in total. The van der Waals surface area contributed by atoms with E-state index in [1.54, 1.807) is 36.2 Å². The predicted molar refractivity (Wildman–Crippen MR) is 75.4 cm³/mol. The van der Waals surface area contributed by atoms with Crippen molar-refractivity contribution in [2.75, 3.05) is 12.4 Å². The normalized spacial score (nSPS) is 17.8. The minimum absolute atomic E-state index is 0.0806. The Hall–Kier alpha value is -2.63. The fourth-order valence-corrected chi connectivity index (χ4v) is 2.39. The van der Waals surface area contributed by atoms with E-state index in [-0.39, 0.29) is 17.8 Å². The molecule has 2 amide bonds. The van der Waals surface area contributed by atoms with Gasteiger partial charge in [-0.1, -0.05) is 6.07 Å². The van der Waals surface area contributed by atoms with Crippen LogP contribution in [-0.2, 0) is 0 Å². The minimum Gasteiger partial charge on any atom is -0.365 e. The molecule has 2 heterocycles. The van der Waals surface area contributed by atoms with Crippen molar-refractivity contribution in [2.45, 2.75) is 13.1 Å². The van der Waals surface area contributed by atoms with Crippen LogP contribution in [0, 0.1) is 0 Å². The standard InChI is InChI=1S/C14H14N4O2/c1-7-16-10-6-11(13(15)19)17-9-5-3-4-8(12(9)10)14(20)18(7)2/h3-7,16H,1-2H3,(H2,15,19). The summed E-state index contributed by atoms with van der Waals surface area (Å²) in [6.45, 7) is 1.87. The molecule has 1 unspecified atom stereocenters. The largest absolute Gasteiger partial charge is 0.365 e. The van der Waals surface area contributed by atoms with Crippen LogP contribution >= 0.6 is 0 Å². The Morgan fingerprint density at radius 3 is 2.90 bits per heavy atom. The van der Waals surface area contributed by atoms with E-state index in [2.05, 4.69) is 10.3 Å². The zero-order valence-electron chi connectivity index (χ0n) is 11.2. The molecule has 102 valence electrons. The fraction of sp³-hybridized carbons (Fsp3) is 0.214. The van der Waals surface area contributed by atoms with Gasteiger partial charge in [0.2, 0.25) is 0 Å². The van der Waals surface area contributed by atoms with E-state index in [1.807, 2.05) is 6.92 Å². The van der Waals surface area contributed by atoms with Gasteiger partial charge >= 0.3 is 0 Å². The molecule has 6 heteroatoms. The molecule has 3 rings (SSSR count). The van der Waals surface area contributed by atoms with Crippen LogP contribution in [0.1, 0.15) is 27.8 Å². The van der Waals surface area contributed by atoms with Crippen molar-refractivity contribution in [1.29, 1.82) is 0 Å². The fourth-order valence-electron chi connectivity index (χ4n) is 2.39. The quantitative estimate of drug-likeness (QED) is 0.814. The number of aromatic nitrogens is 1. The maximum atomic E-state index is 12.4. The molecule has 1 aliphatic rings. The molecule has 1 aromatic carbocycles. The van der Waals surface area contributed by atoms with E-state index in [0.717, 1.165) is 5.39 Å². The first kappa shape index (κ1) is 12.4. The van der Waals surface area contributed by atoms with Gasteiger partial charge in [0.15, 0.2) is 0 Å². The summed E-state index contributed by atoms with van der Waals surface area (Å²) in [6, 6.07) is 6.87. The second-order valence-electron chi connectivity index (χ2n) is 4.86. The van der Waals surface area contributed by atoms with Crippen LogP contribution in [-0.4, -0.2) is 34.9 Å². The van der Waals surface area contributed by atoms with E-state index in [4.69, 9.17) is 5.73 Å². The predicted octanol–water partition coefficient (Wildman–Crippen LogP) is 1.18. The molecular weight excluding hydrogens is 256 g/mol. The number of anilines is 1. The summed E-state index contributed by atoms with van der Waals surface area (Å²) in [4.78, 5) is 29.6. The highest BCUT2D eigenvalue weighted by molar-refractivity contribution is 6.12. The lowest BCUT2D eigenvalue weighted by molar-refractivity contribution is 0.0764. The number of rotatable bonds is 1. The molecule has 0 saturated heterocycles. The zero-order chi connectivity index (χ0) is 14.4. The van der Waals surface area contributed by atoms with Gasteiger partial charge in [-0.25, -0.2) is 4.98 Å². The van der Waals surface area contributed by atoms with Crippen LogP contribution < -0.4 is 11.1 Å². The first-order chi connectivity index (χ1) is 9.49. The lowest BCUT2D eigenvalue weighted by Gasteiger charge is -2.23. The van der Waals surface area contributed by atoms with Gasteiger partial charge in [-0.05, 0) is 25.1 Å². The Labute approximate surface area is 115 Å². The Morgan fingerprint density at radius 2 is 2.20 bits per heavy atom. The third-order valence-electron chi connectivity index (χ3n) is 3.58. The summed E-state index contributed by atoms with van der Waals surface area (Å²) in [5.74, 6) is -0.671. The number of carbonyl (C=O) groups is 2. The number of nitrogens with two attached hydrogens (primary N) is 1. The molecule has 2 aromatic rings. The zero-order valence-corrected chi connectivity index (χ0v) is 11.2. The summed E-state index contributed by atoms with van der Waals surface area (Å²) >= 11 is 0. The summed E-state index contributed by atoms with van der Waals surface area (Å²) < 4.78 is 0. The van der Waals surface area contributed by atoms with E-state index >= 15 is 0 Å². The van der Waals surface area contributed by atoms with Crippen molar-refractivity contribution in [3.05, 3.63) is 35.5 Å². The van der Waals surface area contributed by atoms with Gasteiger partial charge in [0.1, 0.15) is 5.69 Å². The van der Waals surface area contributed by atoms with Crippen LogP contribution in [0.3, 0.4) is 0 Å². The highest BCUT2D eigenvalue weighted by atomic mass is 16.2. The first-order valence-corrected chi connectivity index (χ1v) is 6.26. The number of carbonyl (C=O) groups excluding carboxylic acids is 2. The van der Waals surface area contributed by atoms with Gasteiger partial charge in [-0.15, -0.1) is 0 Å². The number of nitrogens with zero attached hydrogens (tertiary/aromatic N) is 2. The van der Waals surface area contributed by atoms with Crippen LogP contribution in [0.5, 0.6) is 0 Å². The molecule has 6 nitrogen and oxygen atoms in total. The van der Waals surface area contributed by atoms with Crippen LogP contribution in [0.15, 0.2) is 24.3 Å². The lowest BCUT2D eigenvalue weighted by Crippen LogP contribution is -2.38.